The van der Waals surface area contributed by atoms with Crippen LogP contribution in [0.1, 0.15) is 25.7 Å². The molecule has 4 heterocycles. The molecule has 0 aliphatic heterocycles. The molecule has 0 aromatic carbocycles. The van der Waals surface area contributed by atoms with Crippen molar-refractivity contribution in [2.45, 2.75) is 31.7 Å². The lowest BCUT2D eigenvalue weighted by Gasteiger charge is -2.47. The van der Waals surface area contributed by atoms with E-state index in [4.69, 9.17) is 4.52 Å². The number of anilines is 1. The third-order valence-corrected chi connectivity index (χ3v) is 6.93. The smallest absolute Gasteiger partial charge is 0.308 e. The molecule has 0 radical (unpaired) electrons. The number of aliphatic carboxylic acids is 1. The molecular weight excluding hydrogens is 429 g/mol. The van der Waals surface area contributed by atoms with Crippen LogP contribution in [0.5, 0.6) is 0 Å². The lowest BCUT2D eigenvalue weighted by molar-refractivity contribution is -0.148. The van der Waals surface area contributed by atoms with Crippen molar-refractivity contribution in [1.82, 2.24) is 30.1 Å². The monoisotopic (exact) mass is 449 g/mol. The second-order valence-corrected chi connectivity index (χ2v) is 8.63. The number of rotatable bonds is 5. The van der Waals surface area contributed by atoms with Crippen LogP contribution >= 0.6 is 0 Å². The van der Waals surface area contributed by atoms with E-state index >= 15 is 4.39 Å². The summed E-state index contributed by atoms with van der Waals surface area (Å²) in [6, 6.07) is 1.10. The van der Waals surface area contributed by atoms with E-state index in [-0.39, 0.29) is 34.9 Å². The molecule has 2 bridgehead atoms. The number of halogens is 1. The van der Waals surface area contributed by atoms with E-state index in [9.17, 15) is 9.90 Å². The average molecular weight is 449 g/mol. The number of hydrogen-bond acceptors (Lipinski definition) is 8. The van der Waals surface area contributed by atoms with Gasteiger partial charge < -0.3 is 19.9 Å². The third kappa shape index (κ3) is 3.22. The largest absolute Gasteiger partial charge is 0.481 e. The number of nitrogens with one attached hydrogen (secondary N) is 2. The first-order valence-electron chi connectivity index (χ1n) is 10.9. The Labute approximate surface area is 186 Å². The topological polar surface area (TPSA) is 143 Å². The molecule has 4 aromatic heterocycles. The normalized spacial score (nSPS) is 24.3. The van der Waals surface area contributed by atoms with E-state index < -0.39 is 23.7 Å². The maximum Gasteiger partial charge on any atom is 0.308 e. The molecule has 0 saturated heterocycles. The highest BCUT2D eigenvalue weighted by Crippen LogP contribution is 2.46. The second kappa shape index (κ2) is 7.61. The highest BCUT2D eigenvalue weighted by Gasteiger charge is 2.47. The van der Waals surface area contributed by atoms with E-state index in [2.05, 4.69) is 35.4 Å². The molecule has 11 heteroatoms. The van der Waals surface area contributed by atoms with E-state index in [0.717, 1.165) is 25.7 Å². The summed E-state index contributed by atoms with van der Waals surface area (Å²) in [7, 11) is 0. The molecule has 10 nitrogen and oxygen atoms in total. The summed E-state index contributed by atoms with van der Waals surface area (Å²) in [5, 5.41) is 17.4. The maximum absolute atomic E-state index is 15.6. The van der Waals surface area contributed by atoms with Crippen molar-refractivity contribution in [3.8, 4) is 22.8 Å². The van der Waals surface area contributed by atoms with Crippen LogP contribution < -0.4 is 5.32 Å². The summed E-state index contributed by atoms with van der Waals surface area (Å²) >= 11 is 0. The van der Waals surface area contributed by atoms with Gasteiger partial charge in [0, 0.05) is 35.5 Å². The summed E-state index contributed by atoms with van der Waals surface area (Å²) in [6.45, 7) is 0. The number of fused-ring (bicyclic) bond motifs is 4. The van der Waals surface area contributed by atoms with Gasteiger partial charge in [0.2, 0.25) is 0 Å². The van der Waals surface area contributed by atoms with Crippen LogP contribution in [-0.4, -0.2) is 47.2 Å². The highest BCUT2D eigenvalue weighted by atomic mass is 19.1. The van der Waals surface area contributed by atoms with E-state index in [1.54, 1.807) is 12.4 Å². The highest BCUT2D eigenvalue weighted by molar-refractivity contribution is 5.91. The van der Waals surface area contributed by atoms with Gasteiger partial charge in [0.1, 0.15) is 12.0 Å². The van der Waals surface area contributed by atoms with Crippen LogP contribution in [0.2, 0.25) is 0 Å². The standard InChI is InChI=1S/C22H20FN7O3/c23-16-18(14-5-6-27-33-14)29-20(13-8-25-19-12(13)7-24-9-26-19)30-21(16)28-17-11-3-1-10(2-4-11)15(17)22(31)32/h5-11,15,17H,1-4H2,(H,31,32)(H,24,25,26)(H,28,29,30). The molecule has 33 heavy (non-hydrogen) atoms. The molecule has 3 aliphatic carbocycles. The van der Waals surface area contributed by atoms with Gasteiger partial charge in [-0.1, -0.05) is 5.16 Å². The number of aromatic amines is 1. The van der Waals surface area contributed by atoms with Gasteiger partial charge in [-0.15, -0.1) is 0 Å². The van der Waals surface area contributed by atoms with Crippen LogP contribution in [0.3, 0.4) is 0 Å². The third-order valence-electron chi connectivity index (χ3n) is 6.93. The van der Waals surface area contributed by atoms with E-state index in [1.165, 1.54) is 18.6 Å². The second-order valence-electron chi connectivity index (χ2n) is 8.63. The molecule has 0 amide bonds. The van der Waals surface area contributed by atoms with Gasteiger partial charge in [-0.3, -0.25) is 4.79 Å². The van der Waals surface area contributed by atoms with Gasteiger partial charge >= 0.3 is 5.97 Å². The van der Waals surface area contributed by atoms with Crippen LogP contribution in [0, 0.1) is 23.6 Å². The summed E-state index contributed by atoms with van der Waals surface area (Å²) in [4.78, 5) is 32.3. The Kier molecular flexibility index (Phi) is 4.56. The first kappa shape index (κ1) is 19.8. The fourth-order valence-electron chi connectivity index (χ4n) is 5.38. The lowest BCUT2D eigenvalue weighted by atomic mass is 9.61. The zero-order chi connectivity index (χ0) is 22.5. The van der Waals surface area contributed by atoms with Crippen molar-refractivity contribution in [3.63, 3.8) is 0 Å². The van der Waals surface area contributed by atoms with Crippen molar-refractivity contribution in [2.75, 3.05) is 5.32 Å². The fourth-order valence-corrected chi connectivity index (χ4v) is 5.38. The fraction of sp³-hybridized carbons (Fsp3) is 0.364. The lowest BCUT2D eigenvalue weighted by Crippen LogP contribution is -2.51. The van der Waals surface area contributed by atoms with Gasteiger partial charge in [0.05, 0.1) is 12.1 Å². The van der Waals surface area contributed by atoms with Gasteiger partial charge in [-0.2, -0.15) is 0 Å². The van der Waals surface area contributed by atoms with Crippen LogP contribution in [0.15, 0.2) is 35.5 Å². The number of nitrogens with zero attached hydrogens (tertiary/aromatic N) is 5. The van der Waals surface area contributed by atoms with E-state index in [1.807, 2.05) is 0 Å². The molecule has 2 atom stereocenters. The minimum absolute atomic E-state index is 0.0543. The number of hydrogen-bond donors (Lipinski definition) is 3. The Morgan fingerprint density at radius 1 is 1.21 bits per heavy atom. The van der Waals surface area contributed by atoms with Gasteiger partial charge in [0.15, 0.2) is 28.9 Å². The summed E-state index contributed by atoms with van der Waals surface area (Å²) in [5.74, 6) is -1.61. The molecule has 7 rings (SSSR count). The molecule has 3 fully saturated rings. The molecule has 2 unspecified atom stereocenters. The summed E-state index contributed by atoms with van der Waals surface area (Å²) in [6.07, 6.45) is 9.74. The summed E-state index contributed by atoms with van der Waals surface area (Å²) in [5.41, 5.74) is 1.13. The first-order valence-corrected chi connectivity index (χ1v) is 10.9. The van der Waals surface area contributed by atoms with Crippen molar-refractivity contribution in [2.24, 2.45) is 17.8 Å². The molecule has 4 aromatic rings. The Bertz CT molecular complexity index is 1330. The predicted octanol–water partition coefficient (Wildman–Crippen LogP) is 3.51. The predicted molar refractivity (Wildman–Crippen MR) is 114 cm³/mol. The van der Waals surface area contributed by atoms with Gasteiger partial charge in [-0.25, -0.2) is 24.3 Å². The quantitative estimate of drug-likeness (QED) is 0.417. The van der Waals surface area contributed by atoms with Crippen LogP contribution in [0.4, 0.5) is 10.2 Å². The Hall–Kier alpha value is -3.89. The number of aromatic nitrogens is 6. The Morgan fingerprint density at radius 3 is 2.79 bits per heavy atom. The number of H-pyrrole nitrogens is 1. The number of carboxylic acid groups (broad SMARTS) is 1. The molecule has 3 aliphatic rings. The van der Waals surface area contributed by atoms with Crippen LogP contribution in [0.25, 0.3) is 33.9 Å². The molecule has 168 valence electrons. The zero-order valence-electron chi connectivity index (χ0n) is 17.4. The van der Waals surface area contributed by atoms with Crippen molar-refractivity contribution in [1.29, 1.82) is 0 Å². The van der Waals surface area contributed by atoms with Crippen molar-refractivity contribution < 1.29 is 18.8 Å². The van der Waals surface area contributed by atoms with Crippen molar-refractivity contribution >= 4 is 22.8 Å². The molecule has 3 N–H and O–H groups in total. The van der Waals surface area contributed by atoms with Crippen molar-refractivity contribution in [3.05, 3.63) is 36.8 Å². The van der Waals surface area contributed by atoms with Gasteiger partial charge in [-0.05, 0) is 37.5 Å². The maximum atomic E-state index is 15.6. The minimum Gasteiger partial charge on any atom is -0.481 e. The van der Waals surface area contributed by atoms with E-state index in [0.29, 0.717) is 16.6 Å². The minimum atomic E-state index is -0.860. The first-order chi connectivity index (χ1) is 16.1. The van der Waals surface area contributed by atoms with Crippen LogP contribution in [-0.2, 0) is 4.79 Å². The molecule has 0 spiro atoms. The Balaban J connectivity index is 1.48. The zero-order valence-corrected chi connectivity index (χ0v) is 17.4. The number of carboxylic acids is 1. The Morgan fingerprint density at radius 2 is 2.03 bits per heavy atom. The number of carbonyl (C=O) groups is 1. The SMILES string of the molecule is O=C(O)C1C2CCC(CC2)C1Nc1nc(-c2c[nH]c3ncncc23)nc(-c2ccno2)c1F. The molecular formula is C22H20FN7O3. The molecule has 3 saturated carbocycles. The average Bonchev–Trinajstić information content (AvgIpc) is 3.51. The summed E-state index contributed by atoms with van der Waals surface area (Å²) < 4.78 is 20.8. The van der Waals surface area contributed by atoms with Gasteiger partial charge in [0.25, 0.3) is 0 Å².